The third-order valence-electron chi connectivity index (χ3n) is 3.34. The van der Waals surface area contributed by atoms with Gasteiger partial charge in [0.25, 0.3) is 0 Å². The van der Waals surface area contributed by atoms with Crippen molar-refractivity contribution in [3.05, 3.63) is 0 Å². The van der Waals surface area contributed by atoms with Crippen LogP contribution in [0.5, 0.6) is 0 Å². The summed E-state index contributed by atoms with van der Waals surface area (Å²) in [4.78, 5) is 11.0. The van der Waals surface area contributed by atoms with Crippen molar-refractivity contribution in [1.82, 2.24) is 10.6 Å². The molecule has 5 heteroatoms. The molecule has 16 heavy (non-hydrogen) atoms. The lowest BCUT2D eigenvalue weighted by atomic mass is 9.90. The number of amides is 1. The number of carbonyl (C=O) groups is 1. The second kappa shape index (κ2) is 5.12. The van der Waals surface area contributed by atoms with E-state index in [1.165, 1.54) is 0 Å². The molecule has 1 amide bonds. The molecular weight excluding hydrogens is 208 g/mol. The Kier molecular flexibility index (Phi) is 3.78. The maximum absolute atomic E-state index is 11.0. The highest BCUT2D eigenvalue weighted by Crippen LogP contribution is 2.33. The summed E-state index contributed by atoms with van der Waals surface area (Å²) in [6, 6.07) is 0. The molecule has 0 bridgehead atoms. The van der Waals surface area contributed by atoms with Gasteiger partial charge in [-0.2, -0.15) is 0 Å². The normalized spacial score (nSPS) is 34.2. The van der Waals surface area contributed by atoms with Crippen LogP contribution in [0.3, 0.4) is 0 Å². The van der Waals surface area contributed by atoms with E-state index in [0.29, 0.717) is 6.61 Å². The quantitative estimate of drug-likeness (QED) is 0.694. The van der Waals surface area contributed by atoms with E-state index in [9.17, 15) is 4.79 Å². The molecule has 2 aliphatic rings. The summed E-state index contributed by atoms with van der Waals surface area (Å²) in [5, 5.41) is 5.90. The molecule has 2 N–H and O–H groups in total. The average Bonchev–Trinajstić information content (AvgIpc) is 2.70. The smallest absolute Gasteiger partial charge is 0.245 e. The Balaban J connectivity index is 1.76. The Morgan fingerprint density at radius 2 is 2.56 bits per heavy atom. The third-order valence-corrected chi connectivity index (χ3v) is 3.34. The van der Waals surface area contributed by atoms with E-state index >= 15 is 0 Å². The highest BCUT2D eigenvalue weighted by Gasteiger charge is 2.41. The fourth-order valence-corrected chi connectivity index (χ4v) is 2.41. The second-order valence-electron chi connectivity index (χ2n) is 4.58. The van der Waals surface area contributed by atoms with Gasteiger partial charge in [-0.15, -0.1) is 0 Å². The fourth-order valence-electron chi connectivity index (χ4n) is 2.41. The summed E-state index contributed by atoms with van der Waals surface area (Å²) in [5.74, 6) is -0.0808. The van der Waals surface area contributed by atoms with Crippen LogP contribution in [0.25, 0.3) is 0 Å². The molecule has 2 rings (SSSR count). The van der Waals surface area contributed by atoms with Crippen LogP contribution >= 0.6 is 0 Å². The topological polar surface area (TPSA) is 59.6 Å². The van der Waals surface area contributed by atoms with Crippen molar-refractivity contribution in [1.29, 1.82) is 0 Å². The zero-order valence-electron chi connectivity index (χ0n) is 9.75. The minimum absolute atomic E-state index is 0.0361. The van der Waals surface area contributed by atoms with Gasteiger partial charge in [0, 0.05) is 20.0 Å². The molecular formula is C11H20N2O3. The van der Waals surface area contributed by atoms with E-state index in [-0.39, 0.29) is 24.2 Å². The van der Waals surface area contributed by atoms with Crippen molar-refractivity contribution in [2.75, 3.05) is 33.4 Å². The summed E-state index contributed by atoms with van der Waals surface area (Å²) in [5.41, 5.74) is -0.0361. The van der Waals surface area contributed by atoms with E-state index in [0.717, 1.165) is 32.4 Å². The lowest BCUT2D eigenvalue weighted by Gasteiger charge is -2.32. The SMILES string of the molecule is CNC(=O)CO[C@@H]1CO[C@]2(CCCNC2)C1. The molecule has 0 saturated carbocycles. The van der Waals surface area contributed by atoms with Crippen molar-refractivity contribution in [3.8, 4) is 0 Å². The number of hydrogen-bond acceptors (Lipinski definition) is 4. The highest BCUT2D eigenvalue weighted by atomic mass is 16.6. The van der Waals surface area contributed by atoms with Gasteiger partial charge in [-0.1, -0.05) is 0 Å². The van der Waals surface area contributed by atoms with E-state index in [1.807, 2.05) is 0 Å². The number of carbonyl (C=O) groups excluding carboxylic acids is 1. The van der Waals surface area contributed by atoms with Gasteiger partial charge in [-0.25, -0.2) is 0 Å². The van der Waals surface area contributed by atoms with Crippen LogP contribution in [0.15, 0.2) is 0 Å². The van der Waals surface area contributed by atoms with Gasteiger partial charge in [0.2, 0.25) is 5.91 Å². The number of likely N-dealkylation sites (N-methyl/N-ethyl adjacent to an activating group) is 1. The van der Waals surface area contributed by atoms with Crippen LogP contribution < -0.4 is 10.6 Å². The molecule has 0 aromatic carbocycles. The number of rotatable bonds is 3. The number of ether oxygens (including phenoxy) is 2. The Hall–Kier alpha value is -0.650. The first-order chi connectivity index (χ1) is 7.74. The van der Waals surface area contributed by atoms with Crippen LogP contribution in [0.4, 0.5) is 0 Å². The Labute approximate surface area is 95.9 Å². The lowest BCUT2D eigenvalue weighted by molar-refractivity contribution is -0.127. The summed E-state index contributed by atoms with van der Waals surface area (Å²) in [6.45, 7) is 2.73. The first-order valence-corrected chi connectivity index (χ1v) is 5.91. The van der Waals surface area contributed by atoms with Gasteiger partial charge in [0.1, 0.15) is 6.61 Å². The highest BCUT2D eigenvalue weighted by molar-refractivity contribution is 5.76. The first-order valence-electron chi connectivity index (χ1n) is 5.91. The summed E-state index contributed by atoms with van der Waals surface area (Å²) < 4.78 is 11.4. The molecule has 0 aromatic heterocycles. The zero-order chi connectivity index (χ0) is 11.4. The van der Waals surface area contributed by atoms with Crippen LogP contribution in [0.2, 0.25) is 0 Å². The zero-order valence-corrected chi connectivity index (χ0v) is 9.75. The average molecular weight is 228 g/mol. The largest absolute Gasteiger partial charge is 0.371 e. The van der Waals surface area contributed by atoms with E-state index in [1.54, 1.807) is 7.05 Å². The van der Waals surface area contributed by atoms with Crippen LogP contribution in [-0.4, -0.2) is 51.0 Å². The number of nitrogens with one attached hydrogen (secondary N) is 2. The first kappa shape index (κ1) is 11.8. The Bertz CT molecular complexity index is 252. The van der Waals surface area contributed by atoms with E-state index in [4.69, 9.17) is 9.47 Å². The molecule has 0 unspecified atom stereocenters. The minimum atomic E-state index is -0.0808. The molecule has 0 radical (unpaired) electrons. The van der Waals surface area contributed by atoms with Crippen LogP contribution in [-0.2, 0) is 14.3 Å². The van der Waals surface area contributed by atoms with Gasteiger partial charge in [-0.3, -0.25) is 4.79 Å². The van der Waals surface area contributed by atoms with E-state index < -0.39 is 0 Å². The van der Waals surface area contributed by atoms with Gasteiger partial charge >= 0.3 is 0 Å². The van der Waals surface area contributed by atoms with E-state index in [2.05, 4.69) is 10.6 Å². The van der Waals surface area contributed by atoms with Crippen molar-refractivity contribution >= 4 is 5.91 Å². The predicted octanol–water partition coefficient (Wildman–Crippen LogP) is -0.340. The van der Waals surface area contributed by atoms with Gasteiger partial charge in [0.05, 0.1) is 18.3 Å². The van der Waals surface area contributed by atoms with Crippen LogP contribution in [0.1, 0.15) is 19.3 Å². The molecule has 2 heterocycles. The van der Waals surface area contributed by atoms with Crippen LogP contribution in [0, 0.1) is 0 Å². The molecule has 2 atom stereocenters. The summed E-state index contributed by atoms with van der Waals surface area (Å²) >= 11 is 0. The standard InChI is InChI=1S/C11H20N2O3/c1-12-10(14)7-15-9-5-11(16-6-9)3-2-4-13-8-11/h9,13H,2-8H2,1H3,(H,12,14)/t9-,11+/m0/s1. The summed E-state index contributed by atoms with van der Waals surface area (Å²) in [7, 11) is 1.61. The maximum Gasteiger partial charge on any atom is 0.245 e. The predicted molar refractivity (Wildman–Crippen MR) is 59.2 cm³/mol. The van der Waals surface area contributed by atoms with Crippen molar-refractivity contribution < 1.29 is 14.3 Å². The lowest BCUT2D eigenvalue weighted by Crippen LogP contribution is -2.45. The summed E-state index contributed by atoms with van der Waals surface area (Å²) in [6.07, 6.45) is 3.22. The van der Waals surface area contributed by atoms with Crippen molar-refractivity contribution in [2.24, 2.45) is 0 Å². The monoisotopic (exact) mass is 228 g/mol. The van der Waals surface area contributed by atoms with Gasteiger partial charge < -0.3 is 20.1 Å². The molecule has 92 valence electrons. The number of piperidine rings is 1. The van der Waals surface area contributed by atoms with Gasteiger partial charge in [0.15, 0.2) is 0 Å². The minimum Gasteiger partial charge on any atom is -0.371 e. The third kappa shape index (κ3) is 2.72. The number of hydrogen-bond donors (Lipinski definition) is 2. The molecule has 0 aromatic rings. The molecule has 2 aliphatic heterocycles. The van der Waals surface area contributed by atoms with Crippen molar-refractivity contribution in [3.63, 3.8) is 0 Å². The Morgan fingerprint density at radius 1 is 1.69 bits per heavy atom. The molecule has 0 aliphatic carbocycles. The molecule has 5 nitrogen and oxygen atoms in total. The molecule has 2 fully saturated rings. The molecule has 2 saturated heterocycles. The van der Waals surface area contributed by atoms with Gasteiger partial charge in [-0.05, 0) is 19.4 Å². The van der Waals surface area contributed by atoms with Crippen molar-refractivity contribution in [2.45, 2.75) is 31.0 Å². The Morgan fingerprint density at radius 3 is 3.25 bits per heavy atom. The second-order valence-corrected chi connectivity index (χ2v) is 4.58. The fraction of sp³-hybridized carbons (Fsp3) is 0.909. The molecule has 1 spiro atoms. The maximum atomic E-state index is 11.0.